The molecule has 0 bridgehead atoms. The van der Waals surface area contributed by atoms with Gasteiger partial charge in [0.25, 0.3) is 5.91 Å². The molecule has 3 nitrogen and oxygen atoms in total. The Morgan fingerprint density at radius 3 is 2.00 bits per heavy atom. The van der Waals surface area contributed by atoms with Gasteiger partial charge < -0.3 is 10.6 Å². The largest absolute Gasteiger partial charge is 0.368 e. The van der Waals surface area contributed by atoms with Crippen molar-refractivity contribution in [3.63, 3.8) is 0 Å². The normalized spacial score (nSPS) is 11.4. The molecule has 1 amide bonds. The quantitative estimate of drug-likeness (QED) is 0.609. The molecule has 3 heteroatoms. The highest BCUT2D eigenvalue weighted by atomic mass is 16.1. The van der Waals surface area contributed by atoms with Crippen molar-refractivity contribution >= 4 is 5.91 Å². The first kappa shape index (κ1) is 10.0. The molecule has 0 rings (SSSR count). The molecule has 0 heterocycles. The molecule has 2 N–H and O–H groups in total. The van der Waals surface area contributed by atoms with Crippen LogP contribution < -0.4 is 5.73 Å². The van der Waals surface area contributed by atoms with Crippen molar-refractivity contribution in [1.82, 2.24) is 4.90 Å². The molecule has 64 valence electrons. The molecule has 11 heavy (non-hydrogen) atoms. The van der Waals surface area contributed by atoms with Crippen LogP contribution in [0, 0.1) is 0 Å². The van der Waals surface area contributed by atoms with E-state index in [-0.39, 0.29) is 5.91 Å². The van der Waals surface area contributed by atoms with Crippen LogP contribution in [0.5, 0.6) is 0 Å². The number of likely N-dealkylation sites (N-methyl/N-ethyl adjacent to an activating group) is 1. The lowest BCUT2D eigenvalue weighted by molar-refractivity contribution is -0.116. The van der Waals surface area contributed by atoms with E-state index < -0.39 is 0 Å². The van der Waals surface area contributed by atoms with Gasteiger partial charge in [0.05, 0.1) is 5.70 Å². The maximum absolute atomic E-state index is 10.8. The van der Waals surface area contributed by atoms with E-state index >= 15 is 0 Å². The Balaban J connectivity index is 4.36. The van der Waals surface area contributed by atoms with E-state index in [1.54, 1.807) is 6.08 Å². The molecular weight excluding hydrogens is 140 g/mol. The fourth-order valence-electron chi connectivity index (χ4n) is 1.04. The third-order valence-corrected chi connectivity index (χ3v) is 1.63. The number of hydrogen-bond acceptors (Lipinski definition) is 2. The molecule has 0 aliphatic carbocycles. The SMILES string of the molecule is CC=C(C(N)=O)N(CC)CC. The molecule has 0 aromatic carbocycles. The van der Waals surface area contributed by atoms with E-state index in [1.165, 1.54) is 0 Å². The van der Waals surface area contributed by atoms with Gasteiger partial charge in [-0.1, -0.05) is 6.08 Å². The van der Waals surface area contributed by atoms with Crippen LogP contribution in [0.1, 0.15) is 20.8 Å². The van der Waals surface area contributed by atoms with Crippen molar-refractivity contribution in [2.24, 2.45) is 5.73 Å². The second-order valence-electron chi connectivity index (χ2n) is 2.21. The molecule has 0 fully saturated rings. The van der Waals surface area contributed by atoms with Crippen LogP contribution in [0.4, 0.5) is 0 Å². The zero-order valence-corrected chi connectivity index (χ0v) is 7.42. The lowest BCUT2D eigenvalue weighted by Gasteiger charge is -2.21. The Bertz CT molecular complexity index is 159. The summed E-state index contributed by atoms with van der Waals surface area (Å²) in [5.74, 6) is -0.351. The van der Waals surface area contributed by atoms with Crippen LogP contribution in [0.3, 0.4) is 0 Å². The first-order chi connectivity index (χ1) is 5.17. The Morgan fingerprint density at radius 1 is 1.45 bits per heavy atom. The topological polar surface area (TPSA) is 46.3 Å². The van der Waals surface area contributed by atoms with Gasteiger partial charge in [0, 0.05) is 13.1 Å². The van der Waals surface area contributed by atoms with Gasteiger partial charge in [-0.2, -0.15) is 0 Å². The Labute approximate surface area is 67.9 Å². The average molecular weight is 156 g/mol. The highest BCUT2D eigenvalue weighted by molar-refractivity contribution is 5.91. The molecule has 0 atom stereocenters. The number of amides is 1. The summed E-state index contributed by atoms with van der Waals surface area (Å²) >= 11 is 0. The summed E-state index contributed by atoms with van der Waals surface area (Å²) in [6.45, 7) is 7.45. The van der Waals surface area contributed by atoms with Gasteiger partial charge in [0.1, 0.15) is 0 Å². The van der Waals surface area contributed by atoms with Crippen LogP contribution in [0.2, 0.25) is 0 Å². The predicted molar refractivity (Wildman–Crippen MR) is 45.9 cm³/mol. The lowest BCUT2D eigenvalue weighted by atomic mass is 10.3. The van der Waals surface area contributed by atoms with Gasteiger partial charge in [-0.05, 0) is 20.8 Å². The molecule has 0 saturated heterocycles. The van der Waals surface area contributed by atoms with Gasteiger partial charge in [-0.3, -0.25) is 4.79 Å². The molecule has 0 radical (unpaired) electrons. The van der Waals surface area contributed by atoms with Crippen molar-refractivity contribution < 1.29 is 4.79 Å². The molecule has 0 aromatic rings. The predicted octanol–water partition coefficient (Wildman–Crippen LogP) is 0.717. The number of carbonyl (C=O) groups is 1. The highest BCUT2D eigenvalue weighted by Crippen LogP contribution is 2.01. The molecule has 0 aliphatic heterocycles. The standard InChI is InChI=1S/C8H16N2O/c1-4-7(8(9)11)10(5-2)6-3/h4H,5-6H2,1-3H3,(H2,9,11). The van der Waals surface area contributed by atoms with Gasteiger partial charge in [0.15, 0.2) is 0 Å². The first-order valence-electron chi connectivity index (χ1n) is 3.88. The minimum atomic E-state index is -0.351. The third kappa shape index (κ3) is 2.62. The van der Waals surface area contributed by atoms with Gasteiger partial charge in [-0.25, -0.2) is 0 Å². The monoisotopic (exact) mass is 156 g/mol. The maximum atomic E-state index is 10.8. The van der Waals surface area contributed by atoms with Crippen LogP contribution in [0.25, 0.3) is 0 Å². The molecule has 0 saturated carbocycles. The summed E-state index contributed by atoms with van der Waals surface area (Å²) in [5, 5.41) is 0. The molecule has 0 aliphatic rings. The number of allylic oxidation sites excluding steroid dienone is 1. The summed E-state index contributed by atoms with van der Waals surface area (Å²) in [5.41, 5.74) is 5.76. The zero-order chi connectivity index (χ0) is 8.85. The zero-order valence-electron chi connectivity index (χ0n) is 7.42. The molecular formula is C8H16N2O. The van der Waals surface area contributed by atoms with Crippen molar-refractivity contribution in [2.75, 3.05) is 13.1 Å². The van der Waals surface area contributed by atoms with Crippen LogP contribution >= 0.6 is 0 Å². The smallest absolute Gasteiger partial charge is 0.264 e. The highest BCUT2D eigenvalue weighted by Gasteiger charge is 2.08. The van der Waals surface area contributed by atoms with E-state index in [2.05, 4.69) is 0 Å². The van der Waals surface area contributed by atoms with Crippen LogP contribution in [0.15, 0.2) is 11.8 Å². The summed E-state index contributed by atoms with van der Waals surface area (Å²) in [4.78, 5) is 12.7. The second-order valence-corrected chi connectivity index (χ2v) is 2.21. The lowest BCUT2D eigenvalue weighted by Crippen LogP contribution is -2.31. The summed E-state index contributed by atoms with van der Waals surface area (Å²) in [7, 11) is 0. The average Bonchev–Trinajstić information content (AvgIpc) is 1.99. The fourth-order valence-corrected chi connectivity index (χ4v) is 1.04. The Kier molecular flexibility index (Phi) is 4.34. The second kappa shape index (κ2) is 4.77. The Hall–Kier alpha value is -0.990. The van der Waals surface area contributed by atoms with Crippen LogP contribution in [-0.2, 0) is 4.79 Å². The number of primary amides is 1. The number of hydrogen-bond donors (Lipinski definition) is 1. The molecule has 0 aromatic heterocycles. The van der Waals surface area contributed by atoms with E-state index in [4.69, 9.17) is 5.73 Å². The minimum absolute atomic E-state index is 0.351. The van der Waals surface area contributed by atoms with Crippen LogP contribution in [-0.4, -0.2) is 23.9 Å². The van der Waals surface area contributed by atoms with Crippen molar-refractivity contribution in [3.05, 3.63) is 11.8 Å². The van der Waals surface area contributed by atoms with Crippen molar-refractivity contribution in [2.45, 2.75) is 20.8 Å². The molecule has 0 unspecified atom stereocenters. The van der Waals surface area contributed by atoms with Gasteiger partial charge in [0.2, 0.25) is 0 Å². The van der Waals surface area contributed by atoms with Gasteiger partial charge in [-0.15, -0.1) is 0 Å². The molecule has 0 spiro atoms. The first-order valence-corrected chi connectivity index (χ1v) is 3.88. The number of nitrogens with zero attached hydrogens (tertiary/aromatic N) is 1. The van der Waals surface area contributed by atoms with Crippen molar-refractivity contribution in [1.29, 1.82) is 0 Å². The van der Waals surface area contributed by atoms with E-state index in [9.17, 15) is 4.79 Å². The van der Waals surface area contributed by atoms with Crippen molar-refractivity contribution in [3.8, 4) is 0 Å². The number of rotatable bonds is 4. The number of nitrogens with two attached hydrogens (primary N) is 1. The Morgan fingerprint density at radius 2 is 1.91 bits per heavy atom. The van der Waals surface area contributed by atoms with E-state index in [0.29, 0.717) is 5.70 Å². The summed E-state index contributed by atoms with van der Waals surface area (Å²) in [6, 6.07) is 0. The van der Waals surface area contributed by atoms with E-state index in [1.807, 2.05) is 25.7 Å². The fraction of sp³-hybridized carbons (Fsp3) is 0.625. The summed E-state index contributed by atoms with van der Waals surface area (Å²) < 4.78 is 0. The maximum Gasteiger partial charge on any atom is 0.264 e. The minimum Gasteiger partial charge on any atom is -0.368 e. The van der Waals surface area contributed by atoms with E-state index in [0.717, 1.165) is 13.1 Å². The third-order valence-electron chi connectivity index (χ3n) is 1.63. The summed E-state index contributed by atoms with van der Waals surface area (Å²) in [6.07, 6.45) is 1.75. The number of carbonyl (C=O) groups excluding carboxylic acids is 1. The van der Waals surface area contributed by atoms with Gasteiger partial charge >= 0.3 is 0 Å².